The van der Waals surface area contributed by atoms with E-state index < -0.39 is 0 Å². The van der Waals surface area contributed by atoms with E-state index in [4.69, 9.17) is 14.2 Å². The van der Waals surface area contributed by atoms with E-state index in [1.165, 1.54) is 19.5 Å². The van der Waals surface area contributed by atoms with Gasteiger partial charge in [0.15, 0.2) is 6.29 Å². The second kappa shape index (κ2) is 6.55. The molecule has 0 N–H and O–H groups in total. The van der Waals surface area contributed by atoms with E-state index in [0.29, 0.717) is 0 Å². The van der Waals surface area contributed by atoms with Crippen LogP contribution in [0.5, 0.6) is 0 Å². The number of hydrogen-bond acceptors (Lipinski definition) is 4. The largest absolute Gasteiger partial charge is 0.384 e. The Hall–Kier alpha value is -0.160. The maximum atomic E-state index is 5.54. The molecule has 0 aromatic carbocycles. The second-order valence-electron chi connectivity index (χ2n) is 4.72. The van der Waals surface area contributed by atoms with Gasteiger partial charge in [-0.25, -0.2) is 0 Å². The second-order valence-corrected chi connectivity index (χ2v) is 4.72. The standard InChI is InChI=1S/C12H23NO3/c1-14-10-11-3-5-13(9-11)6-4-12-15-7-2-8-16-12/h11-12H,2-10H2,1H3. The van der Waals surface area contributed by atoms with Gasteiger partial charge in [0.25, 0.3) is 0 Å². The zero-order chi connectivity index (χ0) is 11.2. The molecule has 94 valence electrons. The summed E-state index contributed by atoms with van der Waals surface area (Å²) in [4.78, 5) is 2.49. The molecule has 0 aromatic heterocycles. The molecule has 4 heteroatoms. The molecule has 0 aliphatic carbocycles. The minimum absolute atomic E-state index is 0.0372. The summed E-state index contributed by atoms with van der Waals surface area (Å²) in [6.07, 6.45) is 3.34. The Kier molecular flexibility index (Phi) is 5.03. The van der Waals surface area contributed by atoms with Crippen LogP contribution in [0.25, 0.3) is 0 Å². The fraction of sp³-hybridized carbons (Fsp3) is 1.00. The van der Waals surface area contributed by atoms with Gasteiger partial charge in [-0.3, -0.25) is 0 Å². The first-order valence-corrected chi connectivity index (χ1v) is 6.33. The summed E-state index contributed by atoms with van der Waals surface area (Å²) in [5.41, 5.74) is 0. The van der Waals surface area contributed by atoms with Crippen molar-refractivity contribution in [2.75, 3.05) is 46.6 Å². The van der Waals surface area contributed by atoms with Gasteiger partial charge in [0.05, 0.1) is 19.8 Å². The van der Waals surface area contributed by atoms with Crippen molar-refractivity contribution >= 4 is 0 Å². The highest BCUT2D eigenvalue weighted by molar-refractivity contribution is 4.75. The SMILES string of the molecule is COCC1CCN(CCC2OCCCO2)C1. The van der Waals surface area contributed by atoms with E-state index in [1.54, 1.807) is 7.11 Å². The van der Waals surface area contributed by atoms with E-state index in [9.17, 15) is 0 Å². The van der Waals surface area contributed by atoms with E-state index in [2.05, 4.69) is 4.90 Å². The van der Waals surface area contributed by atoms with Crippen molar-refractivity contribution in [2.45, 2.75) is 25.6 Å². The molecule has 0 amide bonds. The monoisotopic (exact) mass is 229 g/mol. The molecular weight excluding hydrogens is 206 g/mol. The third-order valence-corrected chi connectivity index (χ3v) is 3.35. The summed E-state index contributed by atoms with van der Waals surface area (Å²) in [5, 5.41) is 0. The maximum absolute atomic E-state index is 5.54. The molecule has 1 unspecified atom stereocenters. The van der Waals surface area contributed by atoms with Gasteiger partial charge in [-0.15, -0.1) is 0 Å². The van der Waals surface area contributed by atoms with Crippen molar-refractivity contribution < 1.29 is 14.2 Å². The average Bonchev–Trinajstić information content (AvgIpc) is 2.76. The normalized spacial score (nSPS) is 28.7. The highest BCUT2D eigenvalue weighted by atomic mass is 16.7. The predicted molar refractivity (Wildman–Crippen MR) is 61.3 cm³/mol. The van der Waals surface area contributed by atoms with Gasteiger partial charge in [-0.2, -0.15) is 0 Å². The maximum Gasteiger partial charge on any atom is 0.158 e. The van der Waals surface area contributed by atoms with Crippen molar-refractivity contribution in [2.24, 2.45) is 5.92 Å². The highest BCUT2D eigenvalue weighted by Crippen LogP contribution is 2.18. The lowest BCUT2D eigenvalue weighted by atomic mass is 10.1. The zero-order valence-corrected chi connectivity index (χ0v) is 10.2. The summed E-state index contributed by atoms with van der Waals surface area (Å²) in [6.45, 7) is 6.06. The van der Waals surface area contributed by atoms with Gasteiger partial charge in [-0.1, -0.05) is 0 Å². The van der Waals surface area contributed by atoms with Crippen molar-refractivity contribution in [3.05, 3.63) is 0 Å². The minimum atomic E-state index is 0.0372. The van der Waals surface area contributed by atoms with Crippen LogP contribution in [0.3, 0.4) is 0 Å². The van der Waals surface area contributed by atoms with Gasteiger partial charge >= 0.3 is 0 Å². The first-order chi connectivity index (χ1) is 7.88. The van der Waals surface area contributed by atoms with Gasteiger partial charge in [0.2, 0.25) is 0 Å². The fourth-order valence-electron chi connectivity index (χ4n) is 2.48. The smallest absolute Gasteiger partial charge is 0.158 e. The Morgan fingerprint density at radius 2 is 2.12 bits per heavy atom. The molecule has 16 heavy (non-hydrogen) atoms. The van der Waals surface area contributed by atoms with Crippen LogP contribution in [0.15, 0.2) is 0 Å². The Bertz CT molecular complexity index is 195. The Morgan fingerprint density at radius 1 is 1.31 bits per heavy atom. The number of likely N-dealkylation sites (tertiary alicyclic amines) is 1. The van der Waals surface area contributed by atoms with Gasteiger partial charge < -0.3 is 19.1 Å². The Morgan fingerprint density at radius 3 is 2.88 bits per heavy atom. The van der Waals surface area contributed by atoms with E-state index >= 15 is 0 Å². The number of hydrogen-bond donors (Lipinski definition) is 0. The van der Waals surface area contributed by atoms with Crippen LogP contribution in [0, 0.1) is 5.92 Å². The molecule has 1 atom stereocenters. The highest BCUT2D eigenvalue weighted by Gasteiger charge is 2.23. The van der Waals surface area contributed by atoms with Crippen LogP contribution in [-0.4, -0.2) is 57.8 Å². The van der Waals surface area contributed by atoms with Gasteiger partial charge in [0.1, 0.15) is 0 Å². The van der Waals surface area contributed by atoms with Crippen LogP contribution in [0.1, 0.15) is 19.3 Å². The topological polar surface area (TPSA) is 30.9 Å². The van der Waals surface area contributed by atoms with Crippen molar-refractivity contribution in [3.63, 3.8) is 0 Å². The number of methoxy groups -OCH3 is 1. The molecule has 0 aromatic rings. The van der Waals surface area contributed by atoms with Gasteiger partial charge in [-0.05, 0) is 25.3 Å². The van der Waals surface area contributed by atoms with E-state index in [1.807, 2.05) is 0 Å². The summed E-state index contributed by atoms with van der Waals surface area (Å²) in [6, 6.07) is 0. The molecule has 0 spiro atoms. The summed E-state index contributed by atoms with van der Waals surface area (Å²) in [5.74, 6) is 0.721. The lowest BCUT2D eigenvalue weighted by Crippen LogP contribution is -2.31. The van der Waals surface area contributed by atoms with E-state index in [-0.39, 0.29) is 6.29 Å². The lowest BCUT2D eigenvalue weighted by molar-refractivity contribution is -0.182. The summed E-state index contributed by atoms with van der Waals surface area (Å²) in [7, 11) is 1.78. The molecule has 2 rings (SSSR count). The van der Waals surface area contributed by atoms with Crippen LogP contribution in [-0.2, 0) is 14.2 Å². The minimum Gasteiger partial charge on any atom is -0.384 e. The van der Waals surface area contributed by atoms with Crippen molar-refractivity contribution in [1.82, 2.24) is 4.90 Å². The lowest BCUT2D eigenvalue weighted by Gasteiger charge is -2.25. The number of nitrogens with zero attached hydrogens (tertiary/aromatic N) is 1. The molecule has 2 aliphatic rings. The fourth-order valence-corrected chi connectivity index (χ4v) is 2.48. The zero-order valence-electron chi connectivity index (χ0n) is 10.2. The third kappa shape index (κ3) is 3.70. The molecule has 4 nitrogen and oxygen atoms in total. The first-order valence-electron chi connectivity index (χ1n) is 6.33. The molecule has 0 saturated carbocycles. The van der Waals surface area contributed by atoms with Crippen LogP contribution in [0.2, 0.25) is 0 Å². The molecule has 2 aliphatic heterocycles. The number of rotatable bonds is 5. The van der Waals surface area contributed by atoms with Gasteiger partial charge in [0, 0.05) is 26.6 Å². The van der Waals surface area contributed by atoms with Crippen molar-refractivity contribution in [1.29, 1.82) is 0 Å². The molecule has 2 heterocycles. The summed E-state index contributed by atoms with van der Waals surface area (Å²) < 4.78 is 16.3. The molecule has 0 radical (unpaired) electrons. The predicted octanol–water partition coefficient (Wildman–Crippen LogP) is 1.11. The first kappa shape index (κ1) is 12.3. The molecule has 2 saturated heterocycles. The Balaban J connectivity index is 1.59. The van der Waals surface area contributed by atoms with Crippen LogP contribution < -0.4 is 0 Å². The molecule has 0 bridgehead atoms. The third-order valence-electron chi connectivity index (χ3n) is 3.35. The van der Waals surface area contributed by atoms with Crippen LogP contribution in [0.4, 0.5) is 0 Å². The molecular formula is C12H23NO3. The summed E-state index contributed by atoms with van der Waals surface area (Å²) >= 11 is 0. The number of ether oxygens (including phenoxy) is 3. The Labute approximate surface area is 97.8 Å². The average molecular weight is 229 g/mol. The van der Waals surface area contributed by atoms with Crippen LogP contribution >= 0.6 is 0 Å². The van der Waals surface area contributed by atoms with Crippen molar-refractivity contribution in [3.8, 4) is 0 Å². The quantitative estimate of drug-likeness (QED) is 0.706. The molecule has 2 fully saturated rings. The van der Waals surface area contributed by atoms with E-state index in [0.717, 1.165) is 45.1 Å².